The zero-order chi connectivity index (χ0) is 20.4. The number of hydrogen-bond donors (Lipinski definition) is 1. The van der Waals surface area contributed by atoms with Crippen molar-refractivity contribution in [3.05, 3.63) is 67.8 Å². The minimum Gasteiger partial charge on any atom is -0.451 e. The first-order valence-corrected chi connectivity index (χ1v) is 9.05. The summed E-state index contributed by atoms with van der Waals surface area (Å²) in [4.78, 5) is 34.7. The zero-order valence-corrected chi connectivity index (χ0v) is 15.9. The summed E-state index contributed by atoms with van der Waals surface area (Å²) >= 11 is 7.07. The van der Waals surface area contributed by atoms with Gasteiger partial charge in [-0.15, -0.1) is 11.3 Å². The molecule has 1 N–H and O–H groups in total. The Morgan fingerprint density at radius 3 is 2.75 bits per heavy atom. The molecule has 1 aromatic heterocycles. The molecule has 1 amide bonds. The molecule has 7 nitrogen and oxygen atoms in total. The molecule has 144 valence electrons. The SMILES string of the molecule is Cc1ccc(NC(=O)COC(=O)c2sc3cc(F)ccc3c2Cl)c([N+](=O)[O-])c1. The molecule has 0 aliphatic heterocycles. The van der Waals surface area contributed by atoms with Gasteiger partial charge in [0.15, 0.2) is 6.61 Å². The van der Waals surface area contributed by atoms with E-state index in [4.69, 9.17) is 16.3 Å². The molecular formula is C18H12ClFN2O5S. The Kier molecular flexibility index (Phi) is 5.57. The Morgan fingerprint density at radius 1 is 1.29 bits per heavy atom. The number of fused-ring (bicyclic) bond motifs is 1. The highest BCUT2D eigenvalue weighted by Crippen LogP contribution is 2.36. The van der Waals surface area contributed by atoms with Gasteiger partial charge in [-0.3, -0.25) is 14.9 Å². The first kappa shape index (κ1) is 19.7. The van der Waals surface area contributed by atoms with Crippen molar-refractivity contribution in [2.24, 2.45) is 0 Å². The number of nitrogens with one attached hydrogen (secondary N) is 1. The smallest absolute Gasteiger partial charge is 0.350 e. The second kappa shape index (κ2) is 7.91. The van der Waals surface area contributed by atoms with Crippen LogP contribution in [0.2, 0.25) is 5.02 Å². The molecule has 0 aliphatic rings. The first-order chi connectivity index (χ1) is 13.3. The molecule has 0 saturated carbocycles. The number of nitrogens with zero attached hydrogens (tertiary/aromatic N) is 1. The lowest BCUT2D eigenvalue weighted by Gasteiger charge is -2.07. The number of aryl methyl sites for hydroxylation is 1. The van der Waals surface area contributed by atoms with E-state index in [2.05, 4.69) is 5.32 Å². The van der Waals surface area contributed by atoms with Gasteiger partial charge in [-0.2, -0.15) is 0 Å². The van der Waals surface area contributed by atoms with Crippen LogP contribution in [0.15, 0.2) is 36.4 Å². The summed E-state index contributed by atoms with van der Waals surface area (Å²) in [6.45, 7) is 1.02. The lowest BCUT2D eigenvalue weighted by atomic mass is 10.2. The third kappa shape index (κ3) is 4.10. The maximum Gasteiger partial charge on any atom is 0.350 e. The van der Waals surface area contributed by atoms with Crippen molar-refractivity contribution in [3.63, 3.8) is 0 Å². The van der Waals surface area contributed by atoms with Crippen LogP contribution in [0.1, 0.15) is 15.2 Å². The Morgan fingerprint density at radius 2 is 2.04 bits per heavy atom. The minimum atomic E-state index is -0.847. The third-order valence-electron chi connectivity index (χ3n) is 3.74. The Labute approximate surface area is 166 Å². The number of nitro benzene ring substituents is 1. The van der Waals surface area contributed by atoms with Crippen LogP contribution >= 0.6 is 22.9 Å². The maximum absolute atomic E-state index is 13.3. The number of anilines is 1. The van der Waals surface area contributed by atoms with Crippen LogP contribution in [0.3, 0.4) is 0 Å². The third-order valence-corrected chi connectivity index (χ3v) is 5.37. The molecule has 2 aromatic carbocycles. The van der Waals surface area contributed by atoms with E-state index in [1.54, 1.807) is 13.0 Å². The molecule has 1 heterocycles. The van der Waals surface area contributed by atoms with Gasteiger partial charge in [-0.25, -0.2) is 9.18 Å². The highest BCUT2D eigenvalue weighted by atomic mass is 35.5. The fourth-order valence-electron chi connectivity index (χ4n) is 2.45. The molecule has 0 atom stereocenters. The van der Waals surface area contributed by atoms with E-state index in [1.165, 1.54) is 30.3 Å². The molecule has 0 bridgehead atoms. The number of hydrogen-bond acceptors (Lipinski definition) is 6. The summed E-state index contributed by atoms with van der Waals surface area (Å²) in [5, 5.41) is 14.0. The molecule has 3 rings (SSSR count). The van der Waals surface area contributed by atoms with E-state index in [0.717, 1.165) is 11.3 Å². The number of thiophene rings is 1. The molecule has 0 aliphatic carbocycles. The Hall–Kier alpha value is -3.04. The number of halogens is 2. The van der Waals surface area contributed by atoms with Gasteiger partial charge in [0.05, 0.1) is 9.95 Å². The monoisotopic (exact) mass is 422 g/mol. The molecule has 0 radical (unpaired) electrons. The average Bonchev–Trinajstić information content (AvgIpc) is 2.97. The van der Waals surface area contributed by atoms with Gasteiger partial charge in [-0.05, 0) is 36.8 Å². The minimum absolute atomic E-state index is 0.00739. The topological polar surface area (TPSA) is 98.5 Å². The van der Waals surface area contributed by atoms with E-state index in [1.807, 2.05) is 0 Å². The number of amides is 1. The zero-order valence-electron chi connectivity index (χ0n) is 14.3. The molecule has 0 saturated heterocycles. The van der Waals surface area contributed by atoms with Gasteiger partial charge in [0, 0.05) is 16.2 Å². The largest absolute Gasteiger partial charge is 0.451 e. The summed E-state index contributed by atoms with van der Waals surface area (Å²) in [6, 6.07) is 8.22. The molecule has 3 aromatic rings. The molecule has 0 unspecified atom stereocenters. The lowest BCUT2D eigenvalue weighted by Crippen LogP contribution is -2.21. The van der Waals surface area contributed by atoms with Crippen molar-refractivity contribution in [1.82, 2.24) is 0 Å². The fraction of sp³-hybridized carbons (Fsp3) is 0.111. The summed E-state index contributed by atoms with van der Waals surface area (Å²) in [5.74, 6) is -2.06. The number of carbonyl (C=O) groups excluding carboxylic acids is 2. The van der Waals surface area contributed by atoms with E-state index in [0.29, 0.717) is 15.6 Å². The second-order valence-corrected chi connectivity index (χ2v) is 7.22. The number of benzene rings is 2. The van der Waals surface area contributed by atoms with Gasteiger partial charge in [0.1, 0.15) is 16.4 Å². The van der Waals surface area contributed by atoms with Crippen LogP contribution in [0, 0.1) is 22.9 Å². The van der Waals surface area contributed by atoms with Crippen LogP contribution < -0.4 is 5.32 Å². The van der Waals surface area contributed by atoms with E-state index in [9.17, 15) is 24.1 Å². The van der Waals surface area contributed by atoms with E-state index < -0.39 is 29.2 Å². The van der Waals surface area contributed by atoms with Crippen LogP contribution in [-0.2, 0) is 9.53 Å². The van der Waals surface area contributed by atoms with Gasteiger partial charge in [-0.1, -0.05) is 17.7 Å². The molecular weight excluding hydrogens is 411 g/mol. The fourth-order valence-corrected chi connectivity index (χ4v) is 3.88. The van der Waals surface area contributed by atoms with Crippen molar-refractivity contribution in [2.45, 2.75) is 6.92 Å². The summed E-state index contributed by atoms with van der Waals surface area (Å²) in [5.41, 5.74) is 0.383. The first-order valence-electron chi connectivity index (χ1n) is 7.86. The molecule has 0 fully saturated rings. The number of rotatable bonds is 5. The van der Waals surface area contributed by atoms with Crippen molar-refractivity contribution in [3.8, 4) is 0 Å². The number of ether oxygens (including phenoxy) is 1. The van der Waals surface area contributed by atoms with Gasteiger partial charge < -0.3 is 10.1 Å². The van der Waals surface area contributed by atoms with Crippen molar-refractivity contribution < 1.29 is 23.6 Å². The molecule has 0 spiro atoms. The maximum atomic E-state index is 13.3. The summed E-state index contributed by atoms with van der Waals surface area (Å²) in [6.07, 6.45) is 0. The van der Waals surface area contributed by atoms with E-state index in [-0.39, 0.29) is 21.3 Å². The van der Waals surface area contributed by atoms with E-state index >= 15 is 0 Å². The van der Waals surface area contributed by atoms with Gasteiger partial charge in [0.2, 0.25) is 0 Å². The van der Waals surface area contributed by atoms with Crippen LogP contribution in [-0.4, -0.2) is 23.4 Å². The highest BCUT2D eigenvalue weighted by molar-refractivity contribution is 7.21. The van der Waals surface area contributed by atoms with Gasteiger partial charge >= 0.3 is 5.97 Å². The quantitative estimate of drug-likeness (QED) is 0.365. The summed E-state index contributed by atoms with van der Waals surface area (Å²) < 4.78 is 18.7. The van der Waals surface area contributed by atoms with Gasteiger partial charge in [0.25, 0.3) is 11.6 Å². The standard InChI is InChI=1S/C18H12ClFN2O5S/c1-9-2-5-12(13(6-9)22(25)26)21-15(23)8-27-18(24)17-16(19)11-4-3-10(20)7-14(11)28-17/h2-7H,8H2,1H3,(H,21,23). The Balaban J connectivity index is 1.69. The number of esters is 1. The van der Waals surface area contributed by atoms with Crippen LogP contribution in [0.4, 0.5) is 15.8 Å². The number of carbonyl (C=O) groups is 2. The van der Waals surface area contributed by atoms with Crippen LogP contribution in [0.5, 0.6) is 0 Å². The predicted octanol–water partition coefficient (Wildman–Crippen LogP) is 4.71. The van der Waals surface area contributed by atoms with Crippen molar-refractivity contribution in [1.29, 1.82) is 0 Å². The molecule has 10 heteroatoms. The highest BCUT2D eigenvalue weighted by Gasteiger charge is 2.21. The molecule has 28 heavy (non-hydrogen) atoms. The second-order valence-electron chi connectivity index (χ2n) is 5.79. The predicted molar refractivity (Wildman–Crippen MR) is 104 cm³/mol. The van der Waals surface area contributed by atoms with Crippen molar-refractivity contribution in [2.75, 3.05) is 11.9 Å². The lowest BCUT2D eigenvalue weighted by molar-refractivity contribution is -0.384. The number of nitro groups is 1. The Bertz CT molecular complexity index is 1110. The average molecular weight is 423 g/mol. The van der Waals surface area contributed by atoms with Crippen molar-refractivity contribution >= 4 is 56.3 Å². The normalized spacial score (nSPS) is 10.7. The van der Waals surface area contributed by atoms with Crippen LogP contribution in [0.25, 0.3) is 10.1 Å². The summed E-state index contributed by atoms with van der Waals surface area (Å²) in [7, 11) is 0.